The molecule has 26 heavy (non-hydrogen) atoms. The van der Waals surface area contributed by atoms with Gasteiger partial charge in [0.05, 0.1) is 11.4 Å². The number of pyridine rings is 1. The Kier molecular flexibility index (Phi) is 2.54. The quantitative estimate of drug-likeness (QED) is 0.629. The zero-order chi connectivity index (χ0) is 20.5. The number of para-hydroxylation sites is 2. The maximum absolute atomic E-state index is 8.07. The minimum absolute atomic E-state index is 0.0486. The molecule has 4 heterocycles. The summed E-state index contributed by atoms with van der Waals surface area (Å²) in [5.74, 6) is 0.813. The third-order valence-electron chi connectivity index (χ3n) is 5.37. The molecule has 2 aromatic heterocycles. The van der Waals surface area contributed by atoms with Gasteiger partial charge in [0.15, 0.2) is 0 Å². The summed E-state index contributed by atoms with van der Waals surface area (Å²) >= 11 is 0. The zero-order valence-corrected chi connectivity index (χ0v) is 15.0. The van der Waals surface area contributed by atoms with E-state index in [1.54, 1.807) is 6.20 Å². The number of benzene rings is 1. The summed E-state index contributed by atoms with van der Waals surface area (Å²) < 4.78 is 30.2. The van der Waals surface area contributed by atoms with Gasteiger partial charge in [-0.25, -0.2) is 4.98 Å². The van der Waals surface area contributed by atoms with Crippen molar-refractivity contribution in [1.82, 2.24) is 9.90 Å². The summed E-state index contributed by atoms with van der Waals surface area (Å²) in [6, 6.07) is 11.6. The third-order valence-corrected chi connectivity index (χ3v) is 5.37. The van der Waals surface area contributed by atoms with Gasteiger partial charge < -0.3 is 14.2 Å². The Bertz CT molecular complexity index is 1140. The summed E-state index contributed by atoms with van der Waals surface area (Å²) in [5.41, 5.74) is 4.26. The van der Waals surface area contributed by atoms with E-state index in [2.05, 4.69) is 21.7 Å². The van der Waals surface area contributed by atoms with Crippen molar-refractivity contribution in [1.29, 1.82) is 0 Å². The Morgan fingerprint density at radius 2 is 2.00 bits per heavy atom. The monoisotopic (exact) mass is 347 g/mol. The Balaban J connectivity index is 1.66. The Hall–Kier alpha value is -2.89. The molecule has 1 atom stereocenters. The Morgan fingerprint density at radius 1 is 1.19 bits per heavy atom. The molecule has 2 aliphatic heterocycles. The van der Waals surface area contributed by atoms with E-state index in [9.17, 15) is 0 Å². The third kappa shape index (κ3) is 1.90. The van der Waals surface area contributed by atoms with E-state index in [-0.39, 0.29) is 13.0 Å². The molecule has 0 unspecified atom stereocenters. The lowest BCUT2D eigenvalue weighted by Crippen LogP contribution is -2.59. The minimum atomic E-state index is -2.24. The first kappa shape index (κ1) is 12.5. The van der Waals surface area contributed by atoms with Crippen LogP contribution in [-0.4, -0.2) is 29.9 Å². The number of rotatable bonds is 1. The average molecular weight is 347 g/mol. The molecule has 0 fully saturated rings. The van der Waals surface area contributed by atoms with Crippen molar-refractivity contribution in [2.45, 2.75) is 26.8 Å². The SMILES string of the molecule is [2H]C([2H])([2H])N1c2ccccc2N(N2B(C)c3c(oc4ncccc34)C=C2C)[C@H]1C. The molecule has 0 saturated heterocycles. The number of anilines is 2. The van der Waals surface area contributed by atoms with Crippen LogP contribution in [0.15, 0.2) is 52.7 Å². The first-order valence-corrected chi connectivity index (χ1v) is 8.81. The van der Waals surface area contributed by atoms with Crippen LogP contribution in [0.2, 0.25) is 6.82 Å². The summed E-state index contributed by atoms with van der Waals surface area (Å²) in [6.07, 6.45) is 3.36. The van der Waals surface area contributed by atoms with Crippen molar-refractivity contribution < 1.29 is 8.53 Å². The molecule has 0 bridgehead atoms. The van der Waals surface area contributed by atoms with Gasteiger partial charge in [-0.1, -0.05) is 19.0 Å². The molecule has 5 rings (SSSR count). The highest BCUT2D eigenvalue weighted by Crippen LogP contribution is 2.41. The number of nitrogens with zero attached hydrogens (tertiary/aromatic N) is 4. The number of hydrogen-bond donors (Lipinski definition) is 0. The van der Waals surface area contributed by atoms with Crippen molar-refractivity contribution >= 4 is 40.9 Å². The molecule has 1 aromatic carbocycles. The number of aromatic nitrogens is 1. The van der Waals surface area contributed by atoms with Crippen LogP contribution in [0, 0.1) is 0 Å². The fraction of sp³-hybridized carbons (Fsp3) is 0.250. The van der Waals surface area contributed by atoms with Crippen LogP contribution in [0.5, 0.6) is 0 Å². The number of furan rings is 1. The first-order chi connectivity index (χ1) is 13.8. The predicted molar refractivity (Wildman–Crippen MR) is 108 cm³/mol. The molecule has 0 spiro atoms. The van der Waals surface area contributed by atoms with Crippen LogP contribution < -0.4 is 15.4 Å². The summed E-state index contributed by atoms with van der Waals surface area (Å²) in [7, 11) is 0. The van der Waals surface area contributed by atoms with E-state index in [1.807, 2.05) is 56.3 Å². The van der Waals surface area contributed by atoms with E-state index >= 15 is 0 Å². The lowest BCUT2D eigenvalue weighted by molar-refractivity contribution is 0.438. The van der Waals surface area contributed by atoms with E-state index in [0.717, 1.165) is 28.0 Å². The molecule has 130 valence electrons. The van der Waals surface area contributed by atoms with E-state index in [1.165, 1.54) is 4.90 Å². The van der Waals surface area contributed by atoms with Gasteiger partial charge in [0.25, 0.3) is 0 Å². The van der Waals surface area contributed by atoms with Crippen LogP contribution in [0.1, 0.15) is 23.7 Å². The molecule has 0 amide bonds. The fourth-order valence-electron chi connectivity index (χ4n) is 4.22. The molecule has 0 N–H and O–H groups in total. The van der Waals surface area contributed by atoms with Crippen LogP contribution in [0.3, 0.4) is 0 Å². The van der Waals surface area contributed by atoms with E-state index in [0.29, 0.717) is 11.4 Å². The largest absolute Gasteiger partial charge is 0.439 e. The summed E-state index contributed by atoms with van der Waals surface area (Å²) in [4.78, 5) is 8.03. The molecule has 0 radical (unpaired) electrons. The van der Waals surface area contributed by atoms with E-state index in [4.69, 9.17) is 8.53 Å². The van der Waals surface area contributed by atoms with Gasteiger partial charge in [-0.15, -0.1) is 0 Å². The van der Waals surface area contributed by atoms with Gasteiger partial charge >= 0.3 is 6.85 Å². The smallest absolute Gasteiger partial charge is 0.315 e. The first-order valence-electron chi connectivity index (χ1n) is 10.3. The molecule has 0 saturated carbocycles. The summed E-state index contributed by atoms with van der Waals surface area (Å²) in [6.45, 7) is 3.78. The molecule has 5 nitrogen and oxygen atoms in total. The number of hydrogen-bond acceptors (Lipinski definition) is 5. The van der Waals surface area contributed by atoms with Crippen molar-refractivity contribution in [2.75, 3.05) is 16.9 Å². The van der Waals surface area contributed by atoms with Crippen molar-refractivity contribution in [3.05, 3.63) is 54.1 Å². The molecular weight excluding hydrogens is 323 g/mol. The second-order valence-corrected chi connectivity index (χ2v) is 6.88. The van der Waals surface area contributed by atoms with Crippen molar-refractivity contribution in [2.24, 2.45) is 0 Å². The number of allylic oxidation sites excluding steroid dienone is 1. The average Bonchev–Trinajstić information content (AvgIpc) is 3.16. The standard InChI is InChI=1S/C20H21BN4O/c1-13-12-18-19(15-8-7-11-22-20(15)26-18)21(3)25(13)24-14(2)23(4)16-9-5-6-10-17(16)24/h5-12,14H,1-4H3/t14-/m0/s1/i4D3. The van der Waals surface area contributed by atoms with Crippen LogP contribution in [-0.2, 0) is 0 Å². The number of hydrazine groups is 1. The highest BCUT2D eigenvalue weighted by Gasteiger charge is 2.41. The molecule has 6 heteroatoms. The fourth-order valence-corrected chi connectivity index (χ4v) is 4.22. The normalized spacial score (nSPS) is 21.3. The van der Waals surface area contributed by atoms with Gasteiger partial charge in [-0.05, 0) is 44.2 Å². The molecule has 3 aromatic rings. The van der Waals surface area contributed by atoms with Gasteiger partial charge in [0.2, 0.25) is 5.71 Å². The Morgan fingerprint density at radius 3 is 2.81 bits per heavy atom. The second kappa shape index (κ2) is 5.30. The number of fused-ring (bicyclic) bond motifs is 4. The van der Waals surface area contributed by atoms with Crippen LogP contribution >= 0.6 is 0 Å². The summed E-state index contributed by atoms with van der Waals surface area (Å²) in [5, 5.41) is 3.06. The van der Waals surface area contributed by atoms with Crippen LogP contribution in [0.4, 0.5) is 11.4 Å². The predicted octanol–water partition coefficient (Wildman–Crippen LogP) is 3.55. The van der Waals surface area contributed by atoms with Gasteiger partial charge in [0, 0.05) is 33.8 Å². The lowest BCUT2D eigenvalue weighted by atomic mass is 9.55. The van der Waals surface area contributed by atoms with Gasteiger partial charge in [-0.2, -0.15) is 0 Å². The maximum Gasteiger partial charge on any atom is 0.315 e. The highest BCUT2D eigenvalue weighted by molar-refractivity contribution is 6.73. The van der Waals surface area contributed by atoms with E-state index < -0.39 is 6.98 Å². The minimum Gasteiger partial charge on any atom is -0.439 e. The highest BCUT2D eigenvalue weighted by atomic mass is 16.3. The molecular formula is C20H21BN4O. The van der Waals surface area contributed by atoms with Crippen LogP contribution in [0.25, 0.3) is 17.2 Å². The lowest BCUT2D eigenvalue weighted by Gasteiger charge is -2.44. The molecule has 0 aliphatic carbocycles. The van der Waals surface area contributed by atoms with Gasteiger partial charge in [-0.3, -0.25) is 5.01 Å². The zero-order valence-electron chi connectivity index (χ0n) is 18.0. The second-order valence-electron chi connectivity index (χ2n) is 6.88. The van der Waals surface area contributed by atoms with Gasteiger partial charge in [0.1, 0.15) is 11.9 Å². The topological polar surface area (TPSA) is 35.8 Å². The van der Waals surface area contributed by atoms with Crippen molar-refractivity contribution in [3.8, 4) is 0 Å². The maximum atomic E-state index is 8.07. The molecule has 2 aliphatic rings. The Labute approximate surface area is 157 Å². The van der Waals surface area contributed by atoms with Crippen molar-refractivity contribution in [3.63, 3.8) is 0 Å².